The van der Waals surface area contributed by atoms with Crippen molar-refractivity contribution >= 4 is 40.2 Å². The van der Waals surface area contributed by atoms with Crippen LogP contribution in [0.15, 0.2) is 42.7 Å². The highest BCUT2D eigenvalue weighted by Crippen LogP contribution is 2.22. The number of nitrogens with zero attached hydrogens (tertiary/aromatic N) is 3. The molecule has 5 nitrogen and oxygen atoms in total. The Hall–Kier alpha value is -1.70. The Bertz CT molecular complexity index is 531. The lowest BCUT2D eigenvalue weighted by Gasteiger charge is -2.20. The van der Waals surface area contributed by atoms with E-state index >= 15 is 0 Å². The van der Waals surface area contributed by atoms with Crippen molar-refractivity contribution in [3.05, 3.63) is 46.3 Å². The second-order valence-corrected chi connectivity index (χ2v) is 4.75. The van der Waals surface area contributed by atoms with Gasteiger partial charge in [-0.15, -0.1) is 0 Å². The van der Waals surface area contributed by atoms with Crippen molar-refractivity contribution < 1.29 is 9.90 Å². The van der Waals surface area contributed by atoms with Crippen molar-refractivity contribution in [1.29, 1.82) is 0 Å². The molecule has 1 heterocycles. The van der Waals surface area contributed by atoms with E-state index in [9.17, 15) is 4.79 Å². The Kier molecular flexibility index (Phi) is 4.08. The Morgan fingerprint density at radius 1 is 1.22 bits per heavy atom. The number of anilines is 2. The molecule has 2 rings (SSSR count). The fourth-order valence-electron chi connectivity index (χ4n) is 1.46. The smallest absolute Gasteiger partial charge is 0.323 e. The molecule has 0 fully saturated rings. The molecule has 0 bridgehead atoms. The number of aliphatic carboxylic acids is 1. The summed E-state index contributed by atoms with van der Waals surface area (Å²) in [6.07, 6.45) is 3.17. The van der Waals surface area contributed by atoms with Gasteiger partial charge >= 0.3 is 5.97 Å². The minimum atomic E-state index is -0.930. The summed E-state index contributed by atoms with van der Waals surface area (Å²) >= 11 is 2.19. The maximum absolute atomic E-state index is 10.9. The van der Waals surface area contributed by atoms with Crippen molar-refractivity contribution in [2.45, 2.75) is 0 Å². The van der Waals surface area contributed by atoms with Gasteiger partial charge in [0.05, 0.1) is 0 Å². The Morgan fingerprint density at radius 2 is 1.83 bits per heavy atom. The fraction of sp³-hybridized carbons (Fsp3) is 0.0833. The number of aromatic nitrogens is 2. The van der Waals surface area contributed by atoms with Crippen molar-refractivity contribution in [1.82, 2.24) is 9.97 Å². The van der Waals surface area contributed by atoms with E-state index in [2.05, 4.69) is 32.6 Å². The summed E-state index contributed by atoms with van der Waals surface area (Å²) in [5.41, 5.74) is 0.754. The summed E-state index contributed by atoms with van der Waals surface area (Å²) in [4.78, 5) is 20.6. The first-order chi connectivity index (χ1) is 8.66. The molecule has 0 saturated heterocycles. The lowest BCUT2D eigenvalue weighted by atomic mass is 10.3. The standard InChI is InChI=1S/C12H10IN3O2/c13-9-2-4-10(5-3-9)16(8-11(17)18)12-14-6-1-7-15-12/h1-7H,8H2,(H,17,18). The Morgan fingerprint density at radius 3 is 2.39 bits per heavy atom. The zero-order valence-corrected chi connectivity index (χ0v) is 11.5. The second-order valence-electron chi connectivity index (χ2n) is 3.51. The highest BCUT2D eigenvalue weighted by atomic mass is 127. The predicted molar refractivity (Wildman–Crippen MR) is 75.8 cm³/mol. The van der Waals surface area contributed by atoms with Gasteiger partial charge in [-0.05, 0) is 52.9 Å². The monoisotopic (exact) mass is 355 g/mol. The third-order valence-corrected chi connectivity index (χ3v) is 2.94. The molecule has 0 atom stereocenters. The second kappa shape index (κ2) is 5.76. The van der Waals surface area contributed by atoms with Crippen LogP contribution in [0.1, 0.15) is 0 Å². The summed E-state index contributed by atoms with van der Waals surface area (Å²) in [6.45, 7) is -0.176. The molecular formula is C12H10IN3O2. The SMILES string of the molecule is O=C(O)CN(c1ccc(I)cc1)c1ncccn1. The summed E-state index contributed by atoms with van der Waals surface area (Å²) in [5, 5.41) is 8.96. The van der Waals surface area contributed by atoms with E-state index < -0.39 is 5.97 Å². The molecule has 0 saturated carbocycles. The van der Waals surface area contributed by atoms with Gasteiger partial charge in [0.2, 0.25) is 5.95 Å². The van der Waals surface area contributed by atoms with Gasteiger partial charge in [0.1, 0.15) is 6.54 Å². The zero-order chi connectivity index (χ0) is 13.0. The quantitative estimate of drug-likeness (QED) is 0.853. The molecule has 0 aliphatic carbocycles. The normalized spacial score (nSPS) is 10.1. The van der Waals surface area contributed by atoms with Gasteiger partial charge in [-0.2, -0.15) is 0 Å². The van der Waals surface area contributed by atoms with Crippen LogP contribution in [0.2, 0.25) is 0 Å². The first-order valence-corrected chi connectivity index (χ1v) is 6.26. The summed E-state index contributed by atoms with van der Waals surface area (Å²) in [5.74, 6) is -0.554. The predicted octanol–water partition coefficient (Wildman–Crippen LogP) is 2.30. The van der Waals surface area contributed by atoms with Crippen LogP contribution in [0.3, 0.4) is 0 Å². The number of rotatable bonds is 4. The topological polar surface area (TPSA) is 66.3 Å². The largest absolute Gasteiger partial charge is 0.480 e. The highest BCUT2D eigenvalue weighted by molar-refractivity contribution is 14.1. The minimum Gasteiger partial charge on any atom is -0.480 e. The van der Waals surface area contributed by atoms with E-state index in [1.807, 2.05) is 24.3 Å². The van der Waals surface area contributed by atoms with Gasteiger partial charge in [-0.1, -0.05) is 0 Å². The molecule has 18 heavy (non-hydrogen) atoms. The average Bonchev–Trinajstić information content (AvgIpc) is 2.38. The molecule has 0 aliphatic rings. The van der Waals surface area contributed by atoms with E-state index in [4.69, 9.17) is 5.11 Å². The number of hydrogen-bond acceptors (Lipinski definition) is 4. The molecule has 6 heteroatoms. The molecule has 0 amide bonds. The van der Waals surface area contributed by atoms with Crippen molar-refractivity contribution in [3.8, 4) is 0 Å². The summed E-state index contributed by atoms with van der Waals surface area (Å²) in [6, 6.07) is 9.21. The summed E-state index contributed by atoms with van der Waals surface area (Å²) in [7, 11) is 0. The number of hydrogen-bond donors (Lipinski definition) is 1. The van der Waals surface area contributed by atoms with E-state index in [0.29, 0.717) is 5.95 Å². The van der Waals surface area contributed by atoms with Crippen molar-refractivity contribution in [2.75, 3.05) is 11.4 Å². The zero-order valence-electron chi connectivity index (χ0n) is 9.32. The van der Waals surface area contributed by atoms with Crippen LogP contribution in [0, 0.1) is 3.57 Å². The molecule has 0 unspecified atom stereocenters. The fourth-order valence-corrected chi connectivity index (χ4v) is 1.82. The van der Waals surface area contributed by atoms with Gasteiger partial charge in [0.25, 0.3) is 0 Å². The number of carboxylic acid groups (broad SMARTS) is 1. The van der Waals surface area contributed by atoms with Crippen LogP contribution in [-0.2, 0) is 4.79 Å². The molecule has 0 aliphatic heterocycles. The molecular weight excluding hydrogens is 345 g/mol. The van der Waals surface area contributed by atoms with Gasteiger partial charge in [-0.3, -0.25) is 9.69 Å². The van der Waals surface area contributed by atoms with Gasteiger partial charge in [0, 0.05) is 21.7 Å². The van der Waals surface area contributed by atoms with Crippen LogP contribution in [0.5, 0.6) is 0 Å². The van der Waals surface area contributed by atoms with Gasteiger partial charge < -0.3 is 5.11 Å². The van der Waals surface area contributed by atoms with Crippen molar-refractivity contribution in [2.24, 2.45) is 0 Å². The number of carbonyl (C=O) groups is 1. The van der Waals surface area contributed by atoms with E-state index in [-0.39, 0.29) is 6.54 Å². The molecule has 1 aromatic heterocycles. The van der Waals surface area contributed by atoms with Crippen LogP contribution < -0.4 is 4.90 Å². The maximum Gasteiger partial charge on any atom is 0.323 e. The van der Waals surface area contributed by atoms with E-state index in [1.165, 1.54) is 0 Å². The molecule has 92 valence electrons. The van der Waals surface area contributed by atoms with E-state index in [1.54, 1.807) is 23.4 Å². The maximum atomic E-state index is 10.9. The van der Waals surface area contributed by atoms with Gasteiger partial charge in [0.15, 0.2) is 0 Å². The minimum absolute atomic E-state index is 0.176. The average molecular weight is 355 g/mol. The summed E-state index contributed by atoms with van der Waals surface area (Å²) < 4.78 is 1.08. The lowest BCUT2D eigenvalue weighted by Crippen LogP contribution is -2.26. The first-order valence-electron chi connectivity index (χ1n) is 5.19. The lowest BCUT2D eigenvalue weighted by molar-refractivity contribution is -0.135. The molecule has 0 radical (unpaired) electrons. The first kappa shape index (κ1) is 12.7. The van der Waals surface area contributed by atoms with Crippen molar-refractivity contribution in [3.63, 3.8) is 0 Å². The van der Waals surface area contributed by atoms with Crippen LogP contribution in [-0.4, -0.2) is 27.6 Å². The Balaban J connectivity index is 2.36. The molecule has 0 spiro atoms. The van der Waals surface area contributed by atoms with Crippen LogP contribution in [0.4, 0.5) is 11.6 Å². The number of halogens is 1. The van der Waals surface area contributed by atoms with E-state index in [0.717, 1.165) is 9.26 Å². The number of carboxylic acids is 1. The molecule has 1 N–H and O–H groups in total. The molecule has 2 aromatic rings. The highest BCUT2D eigenvalue weighted by Gasteiger charge is 2.14. The van der Waals surface area contributed by atoms with Gasteiger partial charge in [-0.25, -0.2) is 9.97 Å². The third-order valence-electron chi connectivity index (χ3n) is 2.23. The number of benzene rings is 1. The van der Waals surface area contributed by atoms with Crippen LogP contribution in [0.25, 0.3) is 0 Å². The Labute approximate surface area is 118 Å². The molecule has 1 aromatic carbocycles. The third kappa shape index (κ3) is 3.16. The van der Waals surface area contributed by atoms with Crippen LogP contribution >= 0.6 is 22.6 Å².